The van der Waals surface area contributed by atoms with Gasteiger partial charge in [0.2, 0.25) is 5.91 Å². The molecular formula is C18H23N3OS3. The molecule has 0 unspecified atom stereocenters. The highest BCUT2D eigenvalue weighted by Gasteiger charge is 2.18. The molecule has 1 amide bonds. The maximum absolute atomic E-state index is 12.3. The van der Waals surface area contributed by atoms with E-state index in [2.05, 4.69) is 41.1 Å². The van der Waals surface area contributed by atoms with Crippen molar-refractivity contribution in [2.24, 2.45) is 0 Å². The molecule has 2 atom stereocenters. The van der Waals surface area contributed by atoms with Crippen LogP contribution in [0.5, 0.6) is 0 Å². The van der Waals surface area contributed by atoms with E-state index in [0.29, 0.717) is 6.54 Å². The lowest BCUT2D eigenvalue weighted by molar-refractivity contribution is -0.120. The van der Waals surface area contributed by atoms with Crippen molar-refractivity contribution in [2.45, 2.75) is 40.6 Å². The quantitative estimate of drug-likeness (QED) is 0.498. The van der Waals surface area contributed by atoms with Crippen molar-refractivity contribution < 1.29 is 4.79 Å². The zero-order chi connectivity index (χ0) is 18.2. The molecule has 0 fully saturated rings. The lowest BCUT2D eigenvalue weighted by atomic mass is 10.0. The Morgan fingerprint density at radius 3 is 2.60 bits per heavy atom. The summed E-state index contributed by atoms with van der Waals surface area (Å²) in [4.78, 5) is 12.3. The Morgan fingerprint density at radius 1 is 1.24 bits per heavy atom. The summed E-state index contributed by atoms with van der Waals surface area (Å²) in [5.74, 6) is 1.15. The number of carbonyl (C=O) groups is 1. The number of carbonyl (C=O) groups excluding carboxylic acids is 1. The first-order valence-electron chi connectivity index (χ1n) is 8.05. The zero-order valence-electron chi connectivity index (χ0n) is 14.7. The highest BCUT2D eigenvalue weighted by atomic mass is 32.2. The van der Waals surface area contributed by atoms with Gasteiger partial charge in [0, 0.05) is 12.3 Å². The fourth-order valence-corrected chi connectivity index (χ4v) is 5.02. The summed E-state index contributed by atoms with van der Waals surface area (Å²) in [6, 6.07) is 10.2. The Morgan fingerprint density at radius 2 is 1.92 bits per heavy atom. The number of nitrogens with one attached hydrogen (secondary N) is 1. The third kappa shape index (κ3) is 6.84. The van der Waals surface area contributed by atoms with Crippen LogP contribution in [0, 0.1) is 0 Å². The largest absolute Gasteiger partial charge is 0.355 e. The van der Waals surface area contributed by atoms with Gasteiger partial charge in [-0.1, -0.05) is 84.3 Å². The summed E-state index contributed by atoms with van der Waals surface area (Å²) in [5, 5.41) is 11.1. The van der Waals surface area contributed by atoms with Gasteiger partial charge in [0.1, 0.15) is 0 Å². The molecule has 25 heavy (non-hydrogen) atoms. The summed E-state index contributed by atoms with van der Waals surface area (Å²) in [5.41, 5.74) is 2.33. The fourth-order valence-electron chi connectivity index (χ4n) is 1.99. The molecule has 0 bridgehead atoms. The number of rotatable bonds is 9. The molecule has 2 rings (SSSR count). The van der Waals surface area contributed by atoms with Crippen molar-refractivity contribution >= 4 is 40.8 Å². The van der Waals surface area contributed by atoms with Crippen LogP contribution in [0.4, 0.5) is 0 Å². The van der Waals surface area contributed by atoms with Gasteiger partial charge in [0.25, 0.3) is 0 Å². The van der Waals surface area contributed by atoms with E-state index in [-0.39, 0.29) is 17.1 Å². The molecule has 0 aliphatic rings. The van der Waals surface area contributed by atoms with Crippen LogP contribution in [0.3, 0.4) is 0 Å². The first-order chi connectivity index (χ1) is 12.0. The molecule has 1 aromatic carbocycles. The monoisotopic (exact) mass is 393 g/mol. The summed E-state index contributed by atoms with van der Waals surface area (Å²) >= 11 is 4.60. The predicted octanol–water partition coefficient (Wildman–Crippen LogP) is 4.61. The van der Waals surface area contributed by atoms with Crippen molar-refractivity contribution in [1.82, 2.24) is 15.5 Å². The normalized spacial score (nSPS) is 13.2. The molecule has 1 heterocycles. The first-order valence-corrected chi connectivity index (χ1v) is 10.7. The Bertz CT molecular complexity index is 703. The smallest absolute Gasteiger partial charge is 0.233 e. The number of amides is 1. The molecule has 134 valence electrons. The fraction of sp³-hybridized carbons (Fsp3) is 0.389. The second-order valence-electron chi connectivity index (χ2n) is 5.90. The van der Waals surface area contributed by atoms with Crippen molar-refractivity contribution in [3.05, 3.63) is 48.0 Å². The number of hydrogen-bond donors (Lipinski definition) is 1. The maximum atomic E-state index is 12.3. The van der Waals surface area contributed by atoms with E-state index < -0.39 is 0 Å². The molecule has 2 aromatic rings. The molecule has 0 saturated heterocycles. The third-order valence-corrected chi connectivity index (χ3v) is 6.90. The Balaban J connectivity index is 1.79. The SMILES string of the molecule is C=C(C)CSc1nnc(S[C@@H](C)C(=O)NC[C@H](C)c2ccccc2)s1. The van der Waals surface area contributed by atoms with E-state index in [4.69, 9.17) is 0 Å². The molecule has 7 heteroatoms. The maximum Gasteiger partial charge on any atom is 0.233 e. The molecule has 0 saturated carbocycles. The Kier molecular flexibility index (Phi) is 7.99. The lowest BCUT2D eigenvalue weighted by Crippen LogP contribution is -2.33. The number of aromatic nitrogens is 2. The summed E-state index contributed by atoms with van der Waals surface area (Å²) in [6.07, 6.45) is 0. The van der Waals surface area contributed by atoms with Gasteiger partial charge < -0.3 is 5.32 Å². The topological polar surface area (TPSA) is 54.9 Å². The molecule has 0 radical (unpaired) electrons. The van der Waals surface area contributed by atoms with E-state index >= 15 is 0 Å². The molecule has 1 aromatic heterocycles. The Labute approximate surface area is 161 Å². The number of thioether (sulfide) groups is 2. The minimum absolute atomic E-state index is 0.0270. The predicted molar refractivity (Wildman–Crippen MR) is 109 cm³/mol. The number of benzene rings is 1. The summed E-state index contributed by atoms with van der Waals surface area (Å²) in [7, 11) is 0. The van der Waals surface area contributed by atoms with E-state index in [1.165, 1.54) is 28.7 Å². The minimum Gasteiger partial charge on any atom is -0.355 e. The van der Waals surface area contributed by atoms with Gasteiger partial charge in [-0.05, 0) is 25.3 Å². The van der Waals surface area contributed by atoms with Crippen LogP contribution >= 0.6 is 34.9 Å². The zero-order valence-corrected chi connectivity index (χ0v) is 17.1. The number of hydrogen-bond acceptors (Lipinski definition) is 6. The molecule has 1 N–H and O–H groups in total. The van der Waals surface area contributed by atoms with Crippen LogP contribution in [-0.4, -0.2) is 33.7 Å². The van der Waals surface area contributed by atoms with Crippen molar-refractivity contribution in [1.29, 1.82) is 0 Å². The summed E-state index contributed by atoms with van der Waals surface area (Å²) < 4.78 is 1.73. The molecule has 4 nitrogen and oxygen atoms in total. The van der Waals surface area contributed by atoms with E-state index in [1.54, 1.807) is 11.8 Å². The van der Waals surface area contributed by atoms with E-state index in [1.807, 2.05) is 32.0 Å². The average Bonchev–Trinajstić information content (AvgIpc) is 3.05. The summed E-state index contributed by atoms with van der Waals surface area (Å²) in [6.45, 7) is 10.5. The molecule has 0 spiro atoms. The van der Waals surface area contributed by atoms with Gasteiger partial charge in [-0.25, -0.2) is 0 Å². The third-order valence-electron chi connectivity index (χ3n) is 3.43. The van der Waals surface area contributed by atoms with Gasteiger partial charge in [-0.2, -0.15) is 0 Å². The van der Waals surface area contributed by atoms with Crippen LogP contribution in [-0.2, 0) is 4.79 Å². The van der Waals surface area contributed by atoms with E-state index in [9.17, 15) is 4.79 Å². The minimum atomic E-state index is -0.199. The van der Waals surface area contributed by atoms with Crippen molar-refractivity contribution in [3.8, 4) is 0 Å². The van der Waals surface area contributed by atoms with Crippen LogP contribution in [0.1, 0.15) is 32.3 Å². The van der Waals surface area contributed by atoms with Crippen LogP contribution in [0.15, 0.2) is 51.2 Å². The van der Waals surface area contributed by atoms with Gasteiger partial charge in [0.15, 0.2) is 8.68 Å². The Hall–Kier alpha value is -1.31. The second kappa shape index (κ2) is 9.99. The van der Waals surface area contributed by atoms with Gasteiger partial charge in [0.05, 0.1) is 5.25 Å². The van der Waals surface area contributed by atoms with Crippen LogP contribution < -0.4 is 5.32 Å². The molecular weight excluding hydrogens is 370 g/mol. The van der Waals surface area contributed by atoms with Gasteiger partial charge >= 0.3 is 0 Å². The number of nitrogens with zero attached hydrogens (tertiary/aromatic N) is 2. The first kappa shape index (κ1) is 20.0. The second-order valence-corrected chi connectivity index (χ2v) is 9.68. The molecule has 0 aliphatic heterocycles. The van der Waals surface area contributed by atoms with Crippen LogP contribution in [0.2, 0.25) is 0 Å². The van der Waals surface area contributed by atoms with Gasteiger partial charge in [-0.3, -0.25) is 4.79 Å². The van der Waals surface area contributed by atoms with E-state index in [0.717, 1.165) is 20.0 Å². The van der Waals surface area contributed by atoms with Gasteiger partial charge in [-0.15, -0.1) is 10.2 Å². The highest BCUT2D eigenvalue weighted by molar-refractivity contribution is 8.04. The lowest BCUT2D eigenvalue weighted by Gasteiger charge is -2.15. The standard InChI is InChI=1S/C18H23N3OS3/c1-12(2)11-23-17-20-21-18(25-17)24-14(4)16(22)19-10-13(3)15-8-6-5-7-9-15/h5-9,13-14H,1,10-11H2,2-4H3,(H,19,22)/t13-,14-/m0/s1. The average molecular weight is 394 g/mol. The molecule has 0 aliphatic carbocycles. The van der Waals surface area contributed by atoms with Crippen LogP contribution in [0.25, 0.3) is 0 Å². The van der Waals surface area contributed by atoms with Crippen molar-refractivity contribution in [3.63, 3.8) is 0 Å². The van der Waals surface area contributed by atoms with Crippen molar-refractivity contribution in [2.75, 3.05) is 12.3 Å². The highest BCUT2D eigenvalue weighted by Crippen LogP contribution is 2.31.